The van der Waals surface area contributed by atoms with E-state index in [0.717, 1.165) is 31.0 Å². The monoisotopic (exact) mass is 540 g/mol. The third kappa shape index (κ3) is 7.80. The van der Waals surface area contributed by atoms with Gasteiger partial charge >= 0.3 is 0 Å². The highest BCUT2D eigenvalue weighted by Crippen LogP contribution is 2.24. The highest BCUT2D eigenvalue weighted by Gasteiger charge is 2.25. The number of pyridine rings is 1. The zero-order chi connectivity index (χ0) is 21.2. The van der Waals surface area contributed by atoms with E-state index in [1.54, 1.807) is 24.4 Å². The van der Waals surface area contributed by atoms with E-state index in [4.69, 9.17) is 4.42 Å². The number of rotatable bonds is 9. The Labute approximate surface area is 201 Å². The van der Waals surface area contributed by atoms with Crippen molar-refractivity contribution in [3.05, 3.63) is 54.2 Å². The average molecular weight is 540 g/mol. The Kier molecular flexibility index (Phi) is 10.8. The molecule has 0 saturated carbocycles. The maximum absolute atomic E-state index is 12.5. The molecule has 1 aliphatic rings. The number of nitrogens with zero attached hydrogens (tertiary/aromatic N) is 4. The second-order valence-corrected chi connectivity index (χ2v) is 7.47. The standard InChI is InChI=1S/C22H32N6O2.HI/c1-23-22(25-16-19(20-9-7-15-30-20)28-12-5-6-13-28)26-17-21(29)27(2)14-10-18-8-3-4-11-24-18;/h3-4,7-9,11,15,19H,5-6,10,12-14,16-17H2,1-2H3,(H2,23,25,26);1H. The largest absolute Gasteiger partial charge is 0.468 e. The number of guanidine groups is 1. The van der Waals surface area contributed by atoms with Gasteiger partial charge in [-0.25, -0.2) is 0 Å². The van der Waals surface area contributed by atoms with Crippen molar-refractivity contribution in [1.82, 2.24) is 25.4 Å². The van der Waals surface area contributed by atoms with E-state index < -0.39 is 0 Å². The van der Waals surface area contributed by atoms with E-state index in [1.807, 2.05) is 37.4 Å². The molecule has 1 unspecified atom stereocenters. The van der Waals surface area contributed by atoms with Gasteiger partial charge in [0.1, 0.15) is 5.76 Å². The van der Waals surface area contributed by atoms with Crippen molar-refractivity contribution < 1.29 is 9.21 Å². The van der Waals surface area contributed by atoms with Crippen molar-refractivity contribution in [2.75, 3.05) is 46.8 Å². The number of hydrogen-bond acceptors (Lipinski definition) is 5. The van der Waals surface area contributed by atoms with Crippen LogP contribution in [0.4, 0.5) is 0 Å². The summed E-state index contributed by atoms with van der Waals surface area (Å²) in [5.41, 5.74) is 0.980. The van der Waals surface area contributed by atoms with Crippen LogP contribution >= 0.6 is 24.0 Å². The first-order valence-electron chi connectivity index (χ1n) is 10.5. The van der Waals surface area contributed by atoms with E-state index in [2.05, 4.69) is 25.5 Å². The fourth-order valence-corrected chi connectivity index (χ4v) is 3.60. The van der Waals surface area contributed by atoms with Crippen LogP contribution in [0.25, 0.3) is 0 Å². The van der Waals surface area contributed by atoms with Crippen molar-refractivity contribution in [3.8, 4) is 0 Å². The third-order valence-corrected chi connectivity index (χ3v) is 5.40. The number of carbonyl (C=O) groups is 1. The topological polar surface area (TPSA) is 86.0 Å². The Bertz CT molecular complexity index is 794. The van der Waals surface area contributed by atoms with Gasteiger partial charge in [-0.3, -0.25) is 19.7 Å². The molecule has 2 aromatic heterocycles. The molecule has 3 heterocycles. The van der Waals surface area contributed by atoms with Gasteiger partial charge in [0.25, 0.3) is 0 Å². The summed E-state index contributed by atoms with van der Waals surface area (Å²) in [4.78, 5) is 25.2. The quantitative estimate of drug-likeness (QED) is 0.289. The average Bonchev–Trinajstić information content (AvgIpc) is 3.50. The molecule has 8 nitrogen and oxygen atoms in total. The van der Waals surface area contributed by atoms with Crippen molar-refractivity contribution in [2.45, 2.75) is 25.3 Å². The van der Waals surface area contributed by atoms with Crippen molar-refractivity contribution in [1.29, 1.82) is 0 Å². The van der Waals surface area contributed by atoms with Crippen LogP contribution < -0.4 is 10.6 Å². The van der Waals surface area contributed by atoms with Gasteiger partial charge in [0.05, 0.1) is 18.8 Å². The summed E-state index contributed by atoms with van der Waals surface area (Å²) in [6, 6.07) is 9.91. The van der Waals surface area contributed by atoms with Gasteiger partial charge in [-0.2, -0.15) is 0 Å². The fourth-order valence-electron chi connectivity index (χ4n) is 3.60. The van der Waals surface area contributed by atoms with Crippen molar-refractivity contribution >= 4 is 35.8 Å². The summed E-state index contributed by atoms with van der Waals surface area (Å²) in [6.07, 6.45) is 6.64. The lowest BCUT2D eigenvalue weighted by Crippen LogP contribution is -2.46. The maximum atomic E-state index is 12.5. The number of likely N-dealkylation sites (tertiary alicyclic amines) is 1. The summed E-state index contributed by atoms with van der Waals surface area (Å²) < 4.78 is 5.66. The Morgan fingerprint density at radius 2 is 2.06 bits per heavy atom. The van der Waals surface area contributed by atoms with Gasteiger partial charge < -0.3 is 20.0 Å². The Hall–Kier alpha value is -2.14. The molecular weight excluding hydrogens is 507 g/mol. The molecule has 0 bridgehead atoms. The number of hydrogen-bond donors (Lipinski definition) is 2. The van der Waals surface area contributed by atoms with Gasteiger partial charge in [-0.05, 0) is 50.2 Å². The Morgan fingerprint density at radius 1 is 1.26 bits per heavy atom. The number of amides is 1. The smallest absolute Gasteiger partial charge is 0.241 e. The predicted molar refractivity (Wildman–Crippen MR) is 133 cm³/mol. The van der Waals surface area contributed by atoms with Gasteiger partial charge in [0, 0.05) is 45.5 Å². The lowest BCUT2D eigenvalue weighted by Gasteiger charge is -2.27. The van der Waals surface area contributed by atoms with Gasteiger partial charge in [0.2, 0.25) is 5.91 Å². The van der Waals surface area contributed by atoms with E-state index in [0.29, 0.717) is 19.0 Å². The van der Waals surface area contributed by atoms with Crippen LogP contribution in [0.15, 0.2) is 52.2 Å². The summed E-state index contributed by atoms with van der Waals surface area (Å²) in [5, 5.41) is 6.47. The first-order chi connectivity index (χ1) is 14.7. The zero-order valence-electron chi connectivity index (χ0n) is 18.3. The van der Waals surface area contributed by atoms with E-state index in [-0.39, 0.29) is 42.5 Å². The van der Waals surface area contributed by atoms with E-state index >= 15 is 0 Å². The normalized spacial score (nSPS) is 15.2. The molecule has 1 aliphatic heterocycles. The van der Waals surface area contributed by atoms with Crippen LogP contribution in [-0.4, -0.2) is 73.5 Å². The van der Waals surface area contributed by atoms with Crippen molar-refractivity contribution in [3.63, 3.8) is 0 Å². The highest BCUT2D eigenvalue weighted by molar-refractivity contribution is 14.0. The summed E-state index contributed by atoms with van der Waals surface area (Å²) in [5.74, 6) is 1.57. The van der Waals surface area contributed by atoms with Crippen molar-refractivity contribution in [2.24, 2.45) is 4.99 Å². The van der Waals surface area contributed by atoms with E-state index in [1.165, 1.54) is 12.8 Å². The maximum Gasteiger partial charge on any atom is 0.241 e. The molecular formula is C22H33IN6O2. The first-order valence-corrected chi connectivity index (χ1v) is 10.5. The molecule has 1 amide bonds. The van der Waals surface area contributed by atoms with Crippen LogP contribution in [0.1, 0.15) is 30.3 Å². The molecule has 31 heavy (non-hydrogen) atoms. The molecule has 9 heteroatoms. The molecule has 0 aliphatic carbocycles. The minimum absolute atomic E-state index is 0. The summed E-state index contributed by atoms with van der Waals surface area (Å²) in [7, 11) is 3.52. The number of aliphatic imine (C=N–C) groups is 1. The molecule has 1 saturated heterocycles. The Morgan fingerprint density at radius 3 is 2.71 bits per heavy atom. The minimum Gasteiger partial charge on any atom is -0.468 e. The SMILES string of the molecule is CN=C(NCC(=O)N(C)CCc1ccccn1)NCC(c1ccco1)N1CCCC1.I. The second kappa shape index (κ2) is 13.3. The molecule has 2 aromatic rings. The predicted octanol–water partition coefficient (Wildman–Crippen LogP) is 2.30. The molecule has 0 spiro atoms. The number of aromatic nitrogens is 1. The fraction of sp³-hybridized carbons (Fsp3) is 0.500. The molecule has 1 fully saturated rings. The summed E-state index contributed by atoms with van der Waals surface area (Å²) in [6.45, 7) is 3.61. The number of halogens is 1. The van der Waals surface area contributed by atoms with Gasteiger partial charge in [-0.1, -0.05) is 6.07 Å². The first kappa shape index (κ1) is 25.1. The Balaban J connectivity index is 0.00000341. The highest BCUT2D eigenvalue weighted by atomic mass is 127. The molecule has 0 radical (unpaired) electrons. The molecule has 0 aromatic carbocycles. The zero-order valence-corrected chi connectivity index (χ0v) is 20.6. The van der Waals surface area contributed by atoms with Crippen LogP contribution in [-0.2, 0) is 11.2 Å². The second-order valence-electron chi connectivity index (χ2n) is 7.47. The lowest BCUT2D eigenvalue weighted by atomic mass is 10.2. The van der Waals surface area contributed by atoms with Crippen LogP contribution in [0, 0.1) is 0 Å². The number of carbonyl (C=O) groups excluding carboxylic acids is 1. The number of furan rings is 1. The molecule has 1 atom stereocenters. The van der Waals surface area contributed by atoms with Crippen LogP contribution in [0.3, 0.4) is 0 Å². The third-order valence-electron chi connectivity index (χ3n) is 5.40. The molecule has 170 valence electrons. The summed E-state index contributed by atoms with van der Waals surface area (Å²) >= 11 is 0. The minimum atomic E-state index is 0. The van der Waals surface area contributed by atoms with Gasteiger partial charge in [0.15, 0.2) is 5.96 Å². The van der Waals surface area contributed by atoms with Crippen LogP contribution in [0.5, 0.6) is 0 Å². The van der Waals surface area contributed by atoms with Crippen LogP contribution in [0.2, 0.25) is 0 Å². The lowest BCUT2D eigenvalue weighted by molar-refractivity contribution is -0.128. The number of likely N-dealkylation sites (N-methyl/N-ethyl adjacent to an activating group) is 1. The van der Waals surface area contributed by atoms with Gasteiger partial charge in [-0.15, -0.1) is 24.0 Å². The number of nitrogens with one attached hydrogen (secondary N) is 2. The molecule has 2 N–H and O–H groups in total. The molecule has 3 rings (SSSR count). The van der Waals surface area contributed by atoms with E-state index in [9.17, 15) is 4.79 Å².